The molecule has 1 unspecified atom stereocenters. The zero-order valence-electron chi connectivity index (χ0n) is 11.2. The summed E-state index contributed by atoms with van der Waals surface area (Å²) in [4.78, 5) is 0. The first-order valence-corrected chi connectivity index (χ1v) is 6.91. The van der Waals surface area contributed by atoms with Crippen molar-refractivity contribution in [1.82, 2.24) is 5.43 Å². The molecule has 2 aromatic carbocycles. The van der Waals surface area contributed by atoms with Gasteiger partial charge >= 0.3 is 0 Å². The van der Waals surface area contributed by atoms with Crippen LogP contribution in [0.15, 0.2) is 34.8 Å². The van der Waals surface area contributed by atoms with Crippen LogP contribution in [-0.2, 0) is 0 Å². The van der Waals surface area contributed by atoms with Crippen LogP contribution in [0, 0.1) is 25.5 Å². The van der Waals surface area contributed by atoms with E-state index in [0.29, 0.717) is 5.56 Å². The first-order chi connectivity index (χ1) is 9.45. The Labute approximate surface area is 125 Å². The second-order valence-corrected chi connectivity index (χ2v) is 5.55. The van der Waals surface area contributed by atoms with Crippen molar-refractivity contribution in [3.05, 3.63) is 68.7 Å². The monoisotopic (exact) mass is 340 g/mol. The van der Waals surface area contributed by atoms with Gasteiger partial charge in [-0.15, -0.1) is 0 Å². The Morgan fingerprint density at radius 1 is 1.10 bits per heavy atom. The third-order valence-electron chi connectivity index (χ3n) is 3.40. The lowest BCUT2D eigenvalue weighted by Gasteiger charge is -2.20. The lowest BCUT2D eigenvalue weighted by molar-refractivity contribution is 0.507. The van der Waals surface area contributed by atoms with E-state index < -0.39 is 17.7 Å². The number of hydrogen-bond donors (Lipinski definition) is 2. The van der Waals surface area contributed by atoms with Gasteiger partial charge < -0.3 is 0 Å². The van der Waals surface area contributed by atoms with Crippen molar-refractivity contribution in [2.45, 2.75) is 19.9 Å². The van der Waals surface area contributed by atoms with E-state index in [0.717, 1.165) is 11.1 Å². The van der Waals surface area contributed by atoms with E-state index in [2.05, 4.69) is 21.4 Å². The second-order valence-electron chi connectivity index (χ2n) is 4.70. The van der Waals surface area contributed by atoms with E-state index in [9.17, 15) is 8.78 Å². The number of benzene rings is 2. The Balaban J connectivity index is 2.58. The van der Waals surface area contributed by atoms with Crippen LogP contribution in [0.25, 0.3) is 0 Å². The molecule has 0 aromatic heterocycles. The van der Waals surface area contributed by atoms with Crippen LogP contribution in [-0.4, -0.2) is 0 Å². The van der Waals surface area contributed by atoms with Gasteiger partial charge in [-0.1, -0.05) is 18.2 Å². The van der Waals surface area contributed by atoms with Crippen LogP contribution in [0.3, 0.4) is 0 Å². The average molecular weight is 341 g/mol. The highest BCUT2D eigenvalue weighted by molar-refractivity contribution is 9.10. The molecule has 0 saturated carbocycles. The number of aryl methyl sites for hydroxylation is 2. The number of rotatable bonds is 3. The van der Waals surface area contributed by atoms with E-state index >= 15 is 0 Å². The summed E-state index contributed by atoms with van der Waals surface area (Å²) in [7, 11) is 0. The maximum absolute atomic E-state index is 14.2. The molecule has 0 amide bonds. The summed E-state index contributed by atoms with van der Waals surface area (Å²) in [5, 5.41) is 0. The topological polar surface area (TPSA) is 38.0 Å². The summed E-state index contributed by atoms with van der Waals surface area (Å²) in [5.41, 5.74) is 5.26. The highest BCUT2D eigenvalue weighted by Crippen LogP contribution is 2.31. The molecule has 20 heavy (non-hydrogen) atoms. The average Bonchev–Trinajstić information content (AvgIpc) is 2.42. The van der Waals surface area contributed by atoms with Crippen LogP contribution in [0.1, 0.15) is 28.3 Å². The maximum atomic E-state index is 14.2. The summed E-state index contributed by atoms with van der Waals surface area (Å²) < 4.78 is 28.4. The van der Waals surface area contributed by atoms with Crippen LogP contribution >= 0.6 is 15.9 Å². The predicted molar refractivity (Wildman–Crippen MR) is 79.1 cm³/mol. The van der Waals surface area contributed by atoms with Crippen molar-refractivity contribution in [3.63, 3.8) is 0 Å². The van der Waals surface area contributed by atoms with Crippen molar-refractivity contribution in [2.24, 2.45) is 5.84 Å². The van der Waals surface area contributed by atoms with E-state index in [4.69, 9.17) is 5.84 Å². The van der Waals surface area contributed by atoms with Gasteiger partial charge in [-0.2, -0.15) is 0 Å². The van der Waals surface area contributed by atoms with E-state index in [1.54, 1.807) is 0 Å². The van der Waals surface area contributed by atoms with E-state index in [1.165, 1.54) is 12.1 Å². The molecule has 0 heterocycles. The molecule has 1 atom stereocenters. The molecule has 2 nitrogen and oxygen atoms in total. The molecule has 106 valence electrons. The smallest absolute Gasteiger partial charge is 0.145 e. The Hall–Kier alpha value is -1.30. The number of hydrazine groups is 1. The summed E-state index contributed by atoms with van der Waals surface area (Å²) in [6, 6.07) is 7.40. The molecule has 0 radical (unpaired) electrons. The summed E-state index contributed by atoms with van der Waals surface area (Å²) in [6.45, 7) is 3.92. The van der Waals surface area contributed by atoms with Crippen LogP contribution in [0.4, 0.5) is 8.78 Å². The van der Waals surface area contributed by atoms with Crippen LogP contribution < -0.4 is 11.3 Å². The standard InChI is InChI=1S/C15H15BrF2N2/c1-8-3-4-10(7-9(8)2)15(20-19)13-12(17)6-5-11(16)14(13)18/h3-7,15,20H,19H2,1-2H3. The van der Waals surface area contributed by atoms with Gasteiger partial charge in [0, 0.05) is 5.56 Å². The minimum atomic E-state index is -0.744. The zero-order chi connectivity index (χ0) is 14.9. The first kappa shape index (κ1) is 15.1. The molecule has 2 aromatic rings. The molecular weight excluding hydrogens is 326 g/mol. The van der Waals surface area contributed by atoms with Crippen molar-refractivity contribution in [2.75, 3.05) is 0 Å². The third kappa shape index (κ3) is 2.75. The number of nitrogens with two attached hydrogens (primary N) is 1. The van der Waals surface area contributed by atoms with E-state index in [1.807, 2.05) is 32.0 Å². The molecule has 5 heteroatoms. The van der Waals surface area contributed by atoms with E-state index in [-0.39, 0.29) is 10.0 Å². The van der Waals surface area contributed by atoms with Crippen molar-refractivity contribution < 1.29 is 8.78 Å². The SMILES string of the molecule is Cc1ccc(C(NN)c2c(F)ccc(Br)c2F)cc1C. The van der Waals surface area contributed by atoms with Gasteiger partial charge in [0.1, 0.15) is 11.6 Å². The Morgan fingerprint density at radius 3 is 2.40 bits per heavy atom. The summed E-state index contributed by atoms with van der Waals surface area (Å²) >= 11 is 3.07. The molecule has 0 saturated heterocycles. The first-order valence-electron chi connectivity index (χ1n) is 6.12. The van der Waals surface area contributed by atoms with Crippen molar-refractivity contribution in [1.29, 1.82) is 0 Å². The number of nitrogens with one attached hydrogen (secondary N) is 1. The van der Waals surface area contributed by atoms with Gasteiger partial charge in [-0.05, 0) is 58.6 Å². The van der Waals surface area contributed by atoms with Crippen molar-refractivity contribution in [3.8, 4) is 0 Å². The maximum Gasteiger partial charge on any atom is 0.145 e. The quantitative estimate of drug-likeness (QED) is 0.505. The minimum Gasteiger partial charge on any atom is -0.271 e. The lowest BCUT2D eigenvalue weighted by atomic mass is 9.95. The fraction of sp³-hybridized carbons (Fsp3) is 0.200. The van der Waals surface area contributed by atoms with Gasteiger partial charge in [0.05, 0.1) is 10.5 Å². The fourth-order valence-electron chi connectivity index (χ4n) is 2.10. The van der Waals surface area contributed by atoms with Crippen molar-refractivity contribution >= 4 is 15.9 Å². The largest absolute Gasteiger partial charge is 0.271 e. The predicted octanol–water partition coefficient (Wildman–Crippen LogP) is 3.90. The zero-order valence-corrected chi connectivity index (χ0v) is 12.8. The number of hydrogen-bond acceptors (Lipinski definition) is 2. The summed E-state index contributed by atoms with van der Waals surface area (Å²) in [6.07, 6.45) is 0. The molecule has 3 N–H and O–H groups in total. The van der Waals surface area contributed by atoms with Gasteiger partial charge in [-0.3, -0.25) is 5.84 Å². The molecular formula is C15H15BrF2N2. The highest BCUT2D eigenvalue weighted by Gasteiger charge is 2.23. The van der Waals surface area contributed by atoms with Crippen LogP contribution in [0.5, 0.6) is 0 Å². The Bertz CT molecular complexity index is 644. The van der Waals surface area contributed by atoms with Gasteiger partial charge in [0.2, 0.25) is 0 Å². The van der Waals surface area contributed by atoms with Crippen LogP contribution in [0.2, 0.25) is 0 Å². The fourth-order valence-corrected chi connectivity index (χ4v) is 2.44. The lowest BCUT2D eigenvalue weighted by Crippen LogP contribution is -2.30. The van der Waals surface area contributed by atoms with Gasteiger partial charge in [-0.25, -0.2) is 14.2 Å². The molecule has 0 aliphatic rings. The normalized spacial score (nSPS) is 12.5. The molecule has 0 fully saturated rings. The molecule has 2 rings (SSSR count). The Kier molecular flexibility index (Phi) is 4.52. The molecule has 0 bridgehead atoms. The number of halogens is 3. The molecule has 0 aliphatic heterocycles. The van der Waals surface area contributed by atoms with Gasteiger partial charge in [0.25, 0.3) is 0 Å². The third-order valence-corrected chi connectivity index (χ3v) is 4.01. The molecule has 0 aliphatic carbocycles. The highest BCUT2D eigenvalue weighted by atomic mass is 79.9. The molecule has 0 spiro atoms. The minimum absolute atomic E-state index is 0.0925. The van der Waals surface area contributed by atoms with Gasteiger partial charge in [0.15, 0.2) is 0 Å². The second kappa shape index (κ2) is 5.99. The Morgan fingerprint density at radius 2 is 1.80 bits per heavy atom. The summed E-state index contributed by atoms with van der Waals surface area (Å²) in [5.74, 6) is 4.23.